The minimum atomic E-state index is -0.0891. The Bertz CT molecular complexity index is 2600. The van der Waals surface area contributed by atoms with Crippen molar-refractivity contribution in [3.05, 3.63) is 187 Å². The molecule has 2 unspecified atom stereocenters. The molecule has 2 atom stereocenters. The molecule has 4 nitrogen and oxygen atoms in total. The maximum Gasteiger partial charge on any atom is 0.0865 e. The van der Waals surface area contributed by atoms with Crippen LogP contribution < -0.4 is 16.0 Å². The molecule has 0 saturated carbocycles. The van der Waals surface area contributed by atoms with E-state index in [9.17, 15) is 0 Å². The van der Waals surface area contributed by atoms with Gasteiger partial charge in [0.1, 0.15) is 0 Å². The van der Waals surface area contributed by atoms with Crippen molar-refractivity contribution >= 4 is 53.3 Å². The number of hydrogen-bond acceptors (Lipinski definition) is 4. The predicted octanol–water partition coefficient (Wildman–Crippen LogP) is 11.0. The monoisotopic (exact) mass is 662 g/mol. The van der Waals surface area contributed by atoms with Gasteiger partial charge in [0.2, 0.25) is 0 Å². The molecule has 0 bridgehead atoms. The van der Waals surface area contributed by atoms with Crippen LogP contribution in [-0.2, 0) is 0 Å². The van der Waals surface area contributed by atoms with Crippen molar-refractivity contribution in [1.82, 2.24) is 20.5 Å². The van der Waals surface area contributed by atoms with Crippen LogP contribution in [-0.4, -0.2) is 4.57 Å². The zero-order valence-corrected chi connectivity index (χ0v) is 28.1. The van der Waals surface area contributed by atoms with Crippen LogP contribution in [0.4, 0.5) is 0 Å². The lowest BCUT2D eigenvalue weighted by Crippen LogP contribution is -2.54. The van der Waals surface area contributed by atoms with Gasteiger partial charge in [-0.05, 0) is 58.1 Å². The molecule has 50 heavy (non-hydrogen) atoms. The number of hydrogen-bond donors (Lipinski definition) is 3. The number of rotatable bonds is 5. The molecule has 0 radical (unpaired) electrons. The van der Waals surface area contributed by atoms with E-state index < -0.39 is 0 Å². The van der Waals surface area contributed by atoms with Crippen LogP contribution in [0.15, 0.2) is 170 Å². The van der Waals surface area contributed by atoms with Gasteiger partial charge in [-0.2, -0.15) is 0 Å². The van der Waals surface area contributed by atoms with E-state index in [1.54, 1.807) is 0 Å². The number of fused-ring (bicyclic) bond motifs is 7. The van der Waals surface area contributed by atoms with E-state index in [-0.39, 0.29) is 18.5 Å². The van der Waals surface area contributed by atoms with E-state index in [1.807, 2.05) is 11.3 Å². The number of nitrogens with one attached hydrogen (secondary N) is 3. The van der Waals surface area contributed by atoms with E-state index >= 15 is 0 Å². The number of nitrogens with zero attached hydrogens (tertiary/aromatic N) is 1. The lowest BCUT2D eigenvalue weighted by atomic mass is 10.0. The van der Waals surface area contributed by atoms with Crippen molar-refractivity contribution in [2.45, 2.75) is 18.5 Å². The highest BCUT2D eigenvalue weighted by molar-refractivity contribution is 7.26. The Morgan fingerprint density at radius 1 is 0.420 bits per heavy atom. The third-order valence-electron chi connectivity index (χ3n) is 10.1. The molecule has 3 N–H and O–H groups in total. The summed E-state index contributed by atoms with van der Waals surface area (Å²) >= 11 is 1.89. The summed E-state index contributed by atoms with van der Waals surface area (Å²) in [6, 6.07) is 61.4. The SMILES string of the molecule is c1ccc(-c2ccc3c(c2)c2ccc4c5ccccc5sc4c2n3-c2cccc(C3NC(c4ccccc4)NC(c4ccccc4)N3)c2)cc1. The van der Waals surface area contributed by atoms with Crippen LogP contribution in [0.5, 0.6) is 0 Å². The fraction of sp³-hybridized carbons (Fsp3) is 0.0667. The normalized spacial score (nSPS) is 18.0. The second-order valence-corrected chi connectivity index (χ2v) is 14.1. The van der Waals surface area contributed by atoms with Crippen molar-refractivity contribution in [1.29, 1.82) is 0 Å². The average Bonchev–Trinajstić information content (AvgIpc) is 3.74. The van der Waals surface area contributed by atoms with Crippen LogP contribution in [0.2, 0.25) is 0 Å². The molecule has 10 rings (SSSR count). The van der Waals surface area contributed by atoms with Crippen molar-refractivity contribution in [2.75, 3.05) is 0 Å². The van der Waals surface area contributed by atoms with Crippen molar-refractivity contribution < 1.29 is 0 Å². The van der Waals surface area contributed by atoms with Crippen LogP contribution in [0.3, 0.4) is 0 Å². The zero-order chi connectivity index (χ0) is 33.0. The third-order valence-corrected chi connectivity index (χ3v) is 11.3. The van der Waals surface area contributed by atoms with Crippen LogP contribution in [0.1, 0.15) is 35.2 Å². The smallest absolute Gasteiger partial charge is 0.0865 e. The number of thiophene rings is 1. The van der Waals surface area contributed by atoms with Crippen LogP contribution in [0.25, 0.3) is 58.8 Å². The highest BCUT2D eigenvalue weighted by Crippen LogP contribution is 2.44. The Morgan fingerprint density at radius 2 is 1.02 bits per heavy atom. The Labute approximate surface area is 294 Å². The first-order valence-electron chi connectivity index (χ1n) is 17.2. The molecule has 1 aliphatic heterocycles. The summed E-state index contributed by atoms with van der Waals surface area (Å²) in [5, 5.41) is 16.7. The Morgan fingerprint density at radius 3 is 1.74 bits per heavy atom. The van der Waals surface area contributed by atoms with E-state index in [4.69, 9.17) is 0 Å². The molecular formula is C45H34N4S. The van der Waals surface area contributed by atoms with Gasteiger partial charge in [0.25, 0.3) is 0 Å². The molecule has 7 aromatic carbocycles. The first-order valence-corrected chi connectivity index (χ1v) is 18.0. The molecule has 3 heterocycles. The molecule has 0 amide bonds. The van der Waals surface area contributed by atoms with Gasteiger partial charge in [0, 0.05) is 31.9 Å². The van der Waals surface area contributed by atoms with Gasteiger partial charge in [-0.15, -0.1) is 11.3 Å². The largest absolute Gasteiger partial charge is 0.308 e. The van der Waals surface area contributed by atoms with Crippen LogP contribution >= 0.6 is 11.3 Å². The Balaban J connectivity index is 1.16. The second kappa shape index (κ2) is 12.1. The topological polar surface area (TPSA) is 41.0 Å². The van der Waals surface area contributed by atoms with Crippen molar-refractivity contribution in [3.8, 4) is 16.8 Å². The lowest BCUT2D eigenvalue weighted by Gasteiger charge is -2.39. The summed E-state index contributed by atoms with van der Waals surface area (Å²) in [6.45, 7) is 0. The van der Waals surface area contributed by atoms with E-state index in [1.165, 1.54) is 69.8 Å². The number of benzene rings is 7. The van der Waals surface area contributed by atoms with Crippen LogP contribution in [0, 0.1) is 0 Å². The predicted molar refractivity (Wildman–Crippen MR) is 210 cm³/mol. The molecule has 5 heteroatoms. The molecule has 1 fully saturated rings. The lowest BCUT2D eigenvalue weighted by molar-refractivity contribution is 0.203. The summed E-state index contributed by atoms with van der Waals surface area (Å²) in [7, 11) is 0. The van der Waals surface area contributed by atoms with E-state index in [0.717, 1.165) is 5.69 Å². The van der Waals surface area contributed by atoms with Gasteiger partial charge < -0.3 is 4.57 Å². The first-order chi connectivity index (χ1) is 24.8. The summed E-state index contributed by atoms with van der Waals surface area (Å²) in [5.41, 5.74) is 9.67. The van der Waals surface area contributed by atoms with Gasteiger partial charge in [0.15, 0.2) is 0 Å². The molecule has 0 spiro atoms. The maximum atomic E-state index is 3.88. The Kier molecular flexibility index (Phi) is 7.10. The maximum absolute atomic E-state index is 3.88. The van der Waals surface area contributed by atoms with Gasteiger partial charge in [0.05, 0.1) is 34.2 Å². The second-order valence-electron chi connectivity index (χ2n) is 13.1. The van der Waals surface area contributed by atoms with Crippen molar-refractivity contribution in [2.24, 2.45) is 0 Å². The summed E-state index contributed by atoms with van der Waals surface area (Å²) < 4.78 is 5.12. The average molecular weight is 663 g/mol. The highest BCUT2D eigenvalue weighted by Gasteiger charge is 2.30. The first kappa shape index (κ1) is 29.4. The fourth-order valence-electron chi connectivity index (χ4n) is 7.72. The highest BCUT2D eigenvalue weighted by atomic mass is 32.1. The van der Waals surface area contributed by atoms with Gasteiger partial charge in [-0.3, -0.25) is 16.0 Å². The minimum Gasteiger partial charge on any atom is -0.308 e. The third kappa shape index (κ3) is 4.94. The van der Waals surface area contributed by atoms with Gasteiger partial charge in [-0.25, -0.2) is 0 Å². The minimum absolute atomic E-state index is 0.0286. The van der Waals surface area contributed by atoms with E-state index in [0.29, 0.717) is 0 Å². The zero-order valence-electron chi connectivity index (χ0n) is 27.3. The molecule has 1 aliphatic rings. The summed E-state index contributed by atoms with van der Waals surface area (Å²) in [5.74, 6) is 0. The van der Waals surface area contributed by atoms with Gasteiger partial charge >= 0.3 is 0 Å². The van der Waals surface area contributed by atoms with E-state index in [2.05, 4.69) is 190 Å². The standard InChI is InChI=1S/C45H34N4S/c1-4-13-29(14-5-1)32-23-26-39-38(28-32)36-24-25-37-35-21-10-11-22-40(35)50-42(37)41(36)49(39)34-20-12-19-33(27-34)45-47-43(30-15-6-2-7-16-30)46-44(48-45)31-17-8-3-9-18-31/h1-28,43-48H. The summed E-state index contributed by atoms with van der Waals surface area (Å²) in [6.07, 6.45) is -0.146. The Hall–Kier alpha value is -5.56. The van der Waals surface area contributed by atoms with Gasteiger partial charge in [-0.1, -0.05) is 140 Å². The molecule has 1 saturated heterocycles. The summed E-state index contributed by atoms with van der Waals surface area (Å²) in [4.78, 5) is 0. The quantitative estimate of drug-likeness (QED) is 0.172. The molecule has 2 aromatic heterocycles. The van der Waals surface area contributed by atoms with Crippen molar-refractivity contribution in [3.63, 3.8) is 0 Å². The molecule has 0 aliphatic carbocycles. The molecule has 240 valence electrons. The molecule has 9 aromatic rings. The fourth-order valence-corrected chi connectivity index (χ4v) is 8.96. The molecular weight excluding hydrogens is 629 g/mol. The number of aromatic nitrogens is 1.